The summed E-state index contributed by atoms with van der Waals surface area (Å²) in [4.78, 5) is 32.8. The molecule has 0 aliphatic heterocycles. The molecule has 2 aromatic carbocycles. The van der Waals surface area contributed by atoms with Crippen LogP contribution in [0.1, 0.15) is 32.0 Å². The molecule has 0 atom stereocenters. The Morgan fingerprint density at radius 1 is 1.23 bits per heavy atom. The van der Waals surface area contributed by atoms with Gasteiger partial charge in [0.25, 0.3) is 5.69 Å². The zero-order chi connectivity index (χ0) is 22.6. The number of aryl methyl sites for hydroxylation is 1. The first-order valence-corrected chi connectivity index (χ1v) is 9.87. The van der Waals surface area contributed by atoms with E-state index in [1.807, 2.05) is 0 Å². The van der Waals surface area contributed by atoms with E-state index in [9.17, 15) is 28.1 Å². The fourth-order valence-corrected chi connectivity index (χ4v) is 3.30. The van der Waals surface area contributed by atoms with Crippen LogP contribution in [0.15, 0.2) is 42.5 Å². The van der Waals surface area contributed by atoms with Gasteiger partial charge in [0.15, 0.2) is 0 Å². The van der Waals surface area contributed by atoms with Gasteiger partial charge in [-0.05, 0) is 30.7 Å². The fourth-order valence-electron chi connectivity index (χ4n) is 2.63. The maximum absolute atomic E-state index is 11.0. The Hall–Kier alpha value is -3.84. The number of aromatic nitrogens is 2. The van der Waals surface area contributed by atoms with E-state index in [1.165, 1.54) is 18.2 Å². The van der Waals surface area contributed by atoms with Crippen LogP contribution in [0.4, 0.5) is 0 Å². The quantitative estimate of drug-likeness (QED) is 0.383. The molecule has 1 heterocycles. The number of para-hydroxylation sites is 1. The average Bonchev–Trinajstić information content (AvgIpc) is 3.01. The summed E-state index contributed by atoms with van der Waals surface area (Å²) in [7, 11) is -3.66. The summed E-state index contributed by atoms with van der Waals surface area (Å²) in [5.41, 5.74) is 6.33. The van der Waals surface area contributed by atoms with Gasteiger partial charge in [-0.1, -0.05) is 29.8 Å². The number of amides is 1. The van der Waals surface area contributed by atoms with Gasteiger partial charge in [-0.2, -0.15) is 0 Å². The number of primary sulfonamides is 1. The molecule has 0 fully saturated rings. The van der Waals surface area contributed by atoms with Crippen LogP contribution in [-0.2, 0) is 15.8 Å². The van der Waals surface area contributed by atoms with Crippen molar-refractivity contribution in [3.05, 3.63) is 75.0 Å². The zero-order valence-corrected chi connectivity index (χ0v) is 16.4. The number of nitrogens with zero attached hydrogens (tertiary/aromatic N) is 3. The van der Waals surface area contributed by atoms with Crippen molar-refractivity contribution >= 4 is 32.8 Å². The van der Waals surface area contributed by atoms with E-state index < -0.39 is 26.9 Å². The van der Waals surface area contributed by atoms with Gasteiger partial charge in [0.2, 0.25) is 15.9 Å². The lowest BCUT2D eigenvalue weighted by Gasteiger charge is -2.06. The van der Waals surface area contributed by atoms with Crippen LogP contribution in [0, 0.1) is 17.0 Å². The minimum Gasteiger partial charge on any atom is -0.475 e. The number of hydrogen-bond donors (Lipinski definition) is 3. The first-order chi connectivity index (χ1) is 13.9. The standard InChI is InChI=1S/C9H12N2O3S.C8H5N3O4/c1-6-2-3-8(9(10)12)7(4-6)5-15(11,13)14;12-8(13)7-5-3-1-2-4-6(5)10(9-7)11(14)15/h2-4H,5H2,1H3,(H2,10,12)(H2,11,13,14);1-4H,(H,12,13). The van der Waals surface area contributed by atoms with E-state index in [0.717, 1.165) is 5.56 Å². The van der Waals surface area contributed by atoms with Crippen LogP contribution < -0.4 is 10.9 Å². The number of sulfonamides is 1. The van der Waals surface area contributed by atoms with Gasteiger partial charge in [-0.15, -0.1) is 0 Å². The third kappa shape index (κ3) is 5.36. The van der Waals surface area contributed by atoms with Crippen molar-refractivity contribution in [3.8, 4) is 0 Å². The van der Waals surface area contributed by atoms with Crippen molar-refractivity contribution in [3.63, 3.8) is 0 Å². The summed E-state index contributed by atoms with van der Waals surface area (Å²) in [5.74, 6) is -2.33. The Balaban J connectivity index is 0.000000214. The number of benzene rings is 2. The number of fused-ring (bicyclic) bond motifs is 1. The summed E-state index contributed by atoms with van der Waals surface area (Å²) in [6, 6.07) is 10.9. The molecular weight excluding hydrogens is 418 g/mol. The van der Waals surface area contributed by atoms with Crippen molar-refractivity contribution < 1.29 is 28.1 Å². The van der Waals surface area contributed by atoms with E-state index in [1.54, 1.807) is 31.2 Å². The molecule has 0 saturated heterocycles. The van der Waals surface area contributed by atoms with E-state index in [-0.39, 0.29) is 27.9 Å². The first-order valence-electron chi connectivity index (χ1n) is 8.16. The Bertz CT molecular complexity index is 1200. The minimum atomic E-state index is -3.66. The predicted molar refractivity (Wildman–Crippen MR) is 106 cm³/mol. The molecule has 3 rings (SSSR count). The SMILES string of the molecule is Cc1ccc(C(N)=O)c(CS(N)(=O)=O)c1.O=C(O)c1nn([N+](=O)[O-])c2ccccc12. The second kappa shape index (κ2) is 8.67. The summed E-state index contributed by atoms with van der Waals surface area (Å²) in [5, 5.41) is 27.1. The Morgan fingerprint density at radius 3 is 2.40 bits per heavy atom. The number of rotatable bonds is 5. The third-order valence-corrected chi connectivity index (χ3v) is 4.52. The molecule has 0 bridgehead atoms. The van der Waals surface area contributed by atoms with Crippen LogP contribution in [0.25, 0.3) is 10.9 Å². The fraction of sp³-hybridized carbons (Fsp3) is 0.118. The molecule has 30 heavy (non-hydrogen) atoms. The molecule has 3 aromatic rings. The summed E-state index contributed by atoms with van der Waals surface area (Å²) in [6.45, 7) is 1.79. The molecule has 0 spiro atoms. The van der Waals surface area contributed by atoms with Crippen LogP contribution in [0.3, 0.4) is 0 Å². The third-order valence-electron chi connectivity index (χ3n) is 3.81. The molecule has 5 N–H and O–H groups in total. The first kappa shape index (κ1) is 22.4. The van der Waals surface area contributed by atoms with Crippen LogP contribution in [-0.4, -0.2) is 40.3 Å². The number of aromatic carboxylic acids is 1. The molecule has 12 nitrogen and oxygen atoms in total. The smallest absolute Gasteiger partial charge is 0.383 e. The van der Waals surface area contributed by atoms with Crippen molar-refractivity contribution in [1.29, 1.82) is 0 Å². The van der Waals surface area contributed by atoms with Gasteiger partial charge >= 0.3 is 5.97 Å². The van der Waals surface area contributed by atoms with Crippen LogP contribution in [0.5, 0.6) is 0 Å². The maximum Gasteiger partial charge on any atom is 0.383 e. The molecule has 0 aliphatic carbocycles. The highest BCUT2D eigenvalue weighted by molar-refractivity contribution is 7.88. The highest BCUT2D eigenvalue weighted by Gasteiger charge is 2.24. The molecule has 0 saturated carbocycles. The normalized spacial score (nSPS) is 10.9. The summed E-state index contributed by atoms with van der Waals surface area (Å²) < 4.78 is 21.8. The highest BCUT2D eigenvalue weighted by atomic mass is 32.2. The Labute approximate surface area is 169 Å². The average molecular weight is 435 g/mol. The number of hydrogen-bond acceptors (Lipinski definition) is 7. The van der Waals surface area contributed by atoms with E-state index >= 15 is 0 Å². The molecule has 0 aliphatic rings. The Morgan fingerprint density at radius 2 is 1.87 bits per heavy atom. The Kier molecular flexibility index (Phi) is 6.49. The number of carbonyl (C=O) groups is 2. The number of nitrogens with two attached hydrogens (primary N) is 2. The van der Waals surface area contributed by atoms with Gasteiger partial charge in [0.1, 0.15) is 5.52 Å². The largest absolute Gasteiger partial charge is 0.475 e. The monoisotopic (exact) mass is 435 g/mol. The highest BCUT2D eigenvalue weighted by Crippen LogP contribution is 2.18. The van der Waals surface area contributed by atoms with E-state index in [4.69, 9.17) is 16.0 Å². The molecule has 1 aromatic heterocycles. The molecule has 1 amide bonds. The summed E-state index contributed by atoms with van der Waals surface area (Å²) in [6.07, 6.45) is 0. The lowest BCUT2D eigenvalue weighted by molar-refractivity contribution is -0.548. The van der Waals surface area contributed by atoms with Crippen LogP contribution >= 0.6 is 0 Å². The molecule has 0 unspecified atom stereocenters. The lowest BCUT2D eigenvalue weighted by Crippen LogP contribution is -2.19. The van der Waals surface area contributed by atoms with Gasteiger partial charge in [0, 0.05) is 10.4 Å². The molecule has 13 heteroatoms. The number of carboxylic acids is 1. The number of carboxylic acid groups (broad SMARTS) is 1. The molecule has 158 valence electrons. The van der Waals surface area contributed by atoms with Gasteiger partial charge in [-0.25, -0.2) is 18.4 Å². The van der Waals surface area contributed by atoms with Gasteiger partial charge < -0.3 is 21.0 Å². The predicted octanol–water partition coefficient (Wildman–Crippen LogP) is 0.657. The van der Waals surface area contributed by atoms with Crippen molar-refractivity contribution in [2.24, 2.45) is 10.9 Å². The minimum absolute atomic E-state index is 0.167. The topological polar surface area (TPSA) is 202 Å². The van der Waals surface area contributed by atoms with Crippen molar-refractivity contribution in [1.82, 2.24) is 9.89 Å². The van der Waals surface area contributed by atoms with Crippen molar-refractivity contribution in [2.45, 2.75) is 12.7 Å². The lowest BCUT2D eigenvalue weighted by atomic mass is 10.1. The van der Waals surface area contributed by atoms with Gasteiger partial charge in [-0.3, -0.25) is 4.79 Å². The van der Waals surface area contributed by atoms with E-state index in [0.29, 0.717) is 10.4 Å². The summed E-state index contributed by atoms with van der Waals surface area (Å²) >= 11 is 0. The number of primary amides is 1. The van der Waals surface area contributed by atoms with E-state index in [2.05, 4.69) is 5.10 Å². The zero-order valence-electron chi connectivity index (χ0n) is 15.5. The molecule has 0 radical (unpaired) electrons. The molecular formula is C17H17N5O7S. The number of carbonyl (C=O) groups excluding carboxylic acids is 1. The van der Waals surface area contributed by atoms with Gasteiger partial charge in [0.05, 0.1) is 21.3 Å². The number of nitro groups is 1. The van der Waals surface area contributed by atoms with Crippen molar-refractivity contribution in [2.75, 3.05) is 0 Å². The maximum atomic E-state index is 11.0. The second-order valence-corrected chi connectivity index (χ2v) is 7.74. The van der Waals surface area contributed by atoms with Crippen LogP contribution in [0.2, 0.25) is 0 Å². The second-order valence-electron chi connectivity index (χ2n) is 6.13.